The van der Waals surface area contributed by atoms with Crippen molar-refractivity contribution in [3.63, 3.8) is 0 Å². The molecule has 1 atom stereocenters. The highest BCUT2D eigenvalue weighted by atomic mass is 32.1. The van der Waals surface area contributed by atoms with Gasteiger partial charge in [-0.15, -0.1) is 11.3 Å². The first-order valence-electron chi connectivity index (χ1n) is 5.17. The van der Waals surface area contributed by atoms with Crippen molar-refractivity contribution in [1.82, 2.24) is 5.32 Å². The van der Waals surface area contributed by atoms with Crippen molar-refractivity contribution in [2.75, 3.05) is 6.54 Å². The summed E-state index contributed by atoms with van der Waals surface area (Å²) in [6.07, 6.45) is 3.35. The number of hydrogen-bond acceptors (Lipinski definition) is 3. The zero-order chi connectivity index (χ0) is 9.80. The summed E-state index contributed by atoms with van der Waals surface area (Å²) in [5.74, 6) is 1.19. The molecule has 0 bridgehead atoms. The molecule has 0 unspecified atom stereocenters. The van der Waals surface area contributed by atoms with Crippen molar-refractivity contribution in [2.24, 2.45) is 4.99 Å². The molecule has 1 N–H and O–H groups in total. The molecule has 0 radical (unpaired) electrons. The summed E-state index contributed by atoms with van der Waals surface area (Å²) in [7, 11) is 0. The second-order valence-electron chi connectivity index (χ2n) is 3.74. The molecule has 3 heteroatoms. The van der Waals surface area contributed by atoms with E-state index in [1.807, 2.05) is 11.3 Å². The average Bonchev–Trinajstić information content (AvgIpc) is 2.67. The fourth-order valence-corrected chi connectivity index (χ4v) is 2.35. The Morgan fingerprint density at radius 3 is 3.21 bits per heavy atom. The van der Waals surface area contributed by atoms with Crippen molar-refractivity contribution >= 4 is 17.2 Å². The Labute approximate surface area is 89.1 Å². The van der Waals surface area contributed by atoms with E-state index in [-0.39, 0.29) is 0 Å². The molecule has 2 rings (SSSR count). The zero-order valence-corrected chi connectivity index (χ0v) is 9.31. The van der Waals surface area contributed by atoms with Crippen LogP contribution in [0.2, 0.25) is 0 Å². The van der Waals surface area contributed by atoms with E-state index in [0.29, 0.717) is 6.04 Å². The Balaban J connectivity index is 1.83. The van der Waals surface area contributed by atoms with Gasteiger partial charge in [0, 0.05) is 23.9 Å². The molecule has 0 spiro atoms. The normalized spacial score (nSPS) is 21.5. The lowest BCUT2D eigenvalue weighted by Crippen LogP contribution is -2.37. The minimum atomic E-state index is 0.603. The monoisotopic (exact) mass is 208 g/mol. The molecule has 1 aromatic heterocycles. The first-order chi connectivity index (χ1) is 6.84. The second-order valence-corrected chi connectivity index (χ2v) is 4.77. The third-order valence-electron chi connectivity index (χ3n) is 2.47. The molecule has 1 aliphatic heterocycles. The maximum atomic E-state index is 4.49. The lowest BCUT2D eigenvalue weighted by atomic mass is 10.1. The fraction of sp³-hybridized carbons (Fsp3) is 0.545. The van der Waals surface area contributed by atoms with Gasteiger partial charge < -0.3 is 5.32 Å². The van der Waals surface area contributed by atoms with E-state index in [1.54, 1.807) is 0 Å². The molecule has 2 nitrogen and oxygen atoms in total. The highest BCUT2D eigenvalue weighted by molar-refractivity contribution is 7.09. The molecule has 14 heavy (non-hydrogen) atoms. The van der Waals surface area contributed by atoms with Gasteiger partial charge in [-0.1, -0.05) is 6.07 Å². The van der Waals surface area contributed by atoms with Crippen LogP contribution in [-0.4, -0.2) is 18.4 Å². The number of rotatable bonds is 3. The van der Waals surface area contributed by atoms with Gasteiger partial charge in [-0.05, 0) is 31.2 Å². The first kappa shape index (κ1) is 9.71. The molecule has 0 aromatic carbocycles. The van der Waals surface area contributed by atoms with Crippen LogP contribution in [0.4, 0.5) is 0 Å². The Morgan fingerprint density at radius 2 is 2.50 bits per heavy atom. The molecule has 1 aromatic rings. The van der Waals surface area contributed by atoms with Gasteiger partial charge in [0.15, 0.2) is 0 Å². The molecule has 0 saturated carbocycles. The van der Waals surface area contributed by atoms with Crippen molar-refractivity contribution in [1.29, 1.82) is 0 Å². The van der Waals surface area contributed by atoms with Crippen LogP contribution in [0.25, 0.3) is 0 Å². The third-order valence-corrected chi connectivity index (χ3v) is 3.40. The van der Waals surface area contributed by atoms with Gasteiger partial charge in [0.1, 0.15) is 0 Å². The first-order valence-corrected chi connectivity index (χ1v) is 6.05. The minimum absolute atomic E-state index is 0.603. The van der Waals surface area contributed by atoms with Gasteiger partial charge in [0.2, 0.25) is 0 Å². The highest BCUT2D eigenvalue weighted by Crippen LogP contribution is 2.12. The lowest BCUT2D eigenvalue weighted by molar-refractivity contribution is 0.578. The summed E-state index contributed by atoms with van der Waals surface area (Å²) in [5.41, 5.74) is 0. The summed E-state index contributed by atoms with van der Waals surface area (Å²) in [4.78, 5) is 5.94. The molecule has 0 fully saturated rings. The number of aliphatic imine (C=N–C) groups is 1. The van der Waals surface area contributed by atoms with Crippen LogP contribution in [0, 0.1) is 0 Å². The quantitative estimate of drug-likeness (QED) is 0.810. The number of aryl methyl sites for hydroxylation is 1. The predicted molar refractivity (Wildman–Crippen MR) is 62.2 cm³/mol. The second kappa shape index (κ2) is 4.60. The zero-order valence-electron chi connectivity index (χ0n) is 8.49. The van der Waals surface area contributed by atoms with Crippen molar-refractivity contribution < 1.29 is 0 Å². The van der Waals surface area contributed by atoms with Crippen LogP contribution in [0.15, 0.2) is 22.5 Å². The van der Waals surface area contributed by atoms with E-state index < -0.39 is 0 Å². The van der Waals surface area contributed by atoms with Crippen LogP contribution < -0.4 is 5.32 Å². The summed E-state index contributed by atoms with van der Waals surface area (Å²) in [6, 6.07) is 4.90. The molecule has 2 heterocycles. The number of nitrogens with one attached hydrogen (secondary N) is 1. The van der Waals surface area contributed by atoms with Crippen molar-refractivity contribution in [2.45, 2.75) is 32.2 Å². The molecule has 0 aliphatic carbocycles. The largest absolute Gasteiger partial charge is 0.371 e. The highest BCUT2D eigenvalue weighted by Gasteiger charge is 2.10. The summed E-state index contributed by atoms with van der Waals surface area (Å²) in [6.45, 7) is 3.22. The van der Waals surface area contributed by atoms with E-state index in [4.69, 9.17) is 0 Å². The summed E-state index contributed by atoms with van der Waals surface area (Å²) < 4.78 is 0. The third kappa shape index (κ3) is 2.58. The van der Waals surface area contributed by atoms with E-state index in [1.165, 1.54) is 17.1 Å². The van der Waals surface area contributed by atoms with Crippen LogP contribution in [-0.2, 0) is 6.42 Å². The molecule has 1 aliphatic rings. The van der Waals surface area contributed by atoms with E-state index in [2.05, 4.69) is 34.7 Å². The van der Waals surface area contributed by atoms with E-state index in [0.717, 1.165) is 19.4 Å². The molecular weight excluding hydrogens is 192 g/mol. The van der Waals surface area contributed by atoms with Crippen LogP contribution in [0.3, 0.4) is 0 Å². The van der Waals surface area contributed by atoms with Gasteiger partial charge in [-0.3, -0.25) is 4.99 Å². The molecule has 0 amide bonds. The Hall–Kier alpha value is -0.830. The number of nitrogens with zero attached hydrogens (tertiary/aromatic N) is 1. The smallest absolute Gasteiger partial charge is 0.0968 e. The van der Waals surface area contributed by atoms with Crippen LogP contribution in [0.5, 0.6) is 0 Å². The number of amidine groups is 1. The maximum Gasteiger partial charge on any atom is 0.0968 e. The number of thiophene rings is 1. The van der Waals surface area contributed by atoms with Crippen LogP contribution in [0.1, 0.15) is 24.6 Å². The maximum absolute atomic E-state index is 4.49. The Kier molecular flexibility index (Phi) is 3.19. The van der Waals surface area contributed by atoms with Gasteiger partial charge in [-0.25, -0.2) is 0 Å². The van der Waals surface area contributed by atoms with Crippen LogP contribution >= 0.6 is 11.3 Å². The lowest BCUT2D eigenvalue weighted by Gasteiger charge is -2.20. The van der Waals surface area contributed by atoms with E-state index >= 15 is 0 Å². The topological polar surface area (TPSA) is 24.4 Å². The fourth-order valence-electron chi connectivity index (χ4n) is 1.64. The molecule has 0 saturated heterocycles. The summed E-state index contributed by atoms with van der Waals surface area (Å²) in [5, 5.41) is 5.57. The van der Waals surface area contributed by atoms with Crippen molar-refractivity contribution in [3.8, 4) is 0 Å². The predicted octanol–water partition coefficient (Wildman–Crippen LogP) is 2.46. The van der Waals surface area contributed by atoms with Gasteiger partial charge in [-0.2, -0.15) is 0 Å². The standard InChI is InChI=1S/C11H16N2S/c1-9-6-7-12-11(13-9)5-4-10-3-2-8-14-10/h2-3,8-9H,4-7H2,1H3,(H,12,13)/t9-/m1/s1. The summed E-state index contributed by atoms with van der Waals surface area (Å²) >= 11 is 1.83. The van der Waals surface area contributed by atoms with Gasteiger partial charge in [0.25, 0.3) is 0 Å². The van der Waals surface area contributed by atoms with E-state index in [9.17, 15) is 0 Å². The Morgan fingerprint density at radius 1 is 1.57 bits per heavy atom. The minimum Gasteiger partial charge on any atom is -0.371 e. The SMILES string of the molecule is C[C@@H]1CCN=C(CCc2cccs2)N1. The van der Waals surface area contributed by atoms with Crippen molar-refractivity contribution in [3.05, 3.63) is 22.4 Å². The molecular formula is C11H16N2S. The average molecular weight is 208 g/mol. The van der Waals surface area contributed by atoms with Gasteiger partial charge >= 0.3 is 0 Å². The molecule has 76 valence electrons. The Bertz CT molecular complexity index is 303. The van der Waals surface area contributed by atoms with Gasteiger partial charge in [0.05, 0.1) is 5.84 Å². The number of hydrogen-bond donors (Lipinski definition) is 1.